The Balaban J connectivity index is 1.81. The van der Waals surface area contributed by atoms with Crippen LogP contribution in [0.3, 0.4) is 0 Å². The topological polar surface area (TPSA) is 29.0 Å². The largest absolute Gasteiger partial charge is 0.359 e. The van der Waals surface area contributed by atoms with Gasteiger partial charge in [0.25, 0.3) is 6.43 Å². The number of aromatic nitrogens is 2. The van der Waals surface area contributed by atoms with Crippen LogP contribution in [-0.2, 0) is 0 Å². The lowest BCUT2D eigenvalue weighted by atomic mass is 9.85. The molecule has 0 aromatic carbocycles. The predicted octanol–water partition coefficient (Wildman–Crippen LogP) is 3.53. The second-order valence-corrected chi connectivity index (χ2v) is 5.76. The maximum absolute atomic E-state index is 12.9. The third kappa shape index (κ3) is 2.85. The number of hydrogen-bond donors (Lipinski definition) is 0. The van der Waals surface area contributed by atoms with Crippen molar-refractivity contribution in [3.8, 4) is 0 Å². The molecule has 5 heteroatoms. The zero-order valence-electron chi connectivity index (χ0n) is 11.1. The Hall–Kier alpha value is -1.26. The number of halogens is 2. The van der Waals surface area contributed by atoms with E-state index in [0.717, 1.165) is 19.4 Å². The molecule has 0 bridgehead atoms. The van der Waals surface area contributed by atoms with Crippen molar-refractivity contribution in [1.29, 1.82) is 0 Å². The third-order valence-corrected chi connectivity index (χ3v) is 4.06. The van der Waals surface area contributed by atoms with Gasteiger partial charge in [0.2, 0.25) is 0 Å². The molecule has 1 aromatic heterocycles. The van der Waals surface area contributed by atoms with Crippen molar-refractivity contribution in [3.63, 3.8) is 0 Å². The summed E-state index contributed by atoms with van der Waals surface area (Å²) in [6.07, 6.45) is 3.31. The number of nitrogens with zero attached hydrogens (tertiary/aromatic N) is 3. The maximum Gasteiger partial charge on any atom is 0.280 e. The maximum atomic E-state index is 12.9. The van der Waals surface area contributed by atoms with Crippen LogP contribution in [0.15, 0.2) is 6.07 Å². The minimum Gasteiger partial charge on any atom is -0.359 e. The van der Waals surface area contributed by atoms with Crippen LogP contribution >= 0.6 is 0 Å². The Bertz CT molecular complexity index is 436. The standard InChI is InChI=1S/C14H19F2N3/c1-19(8-9-3-2-4-9)12-7-11(13(15)16)17-14(18-12)10-5-6-10/h7,9-10,13H,2-6,8H2,1H3. The normalized spacial score (nSPS) is 19.6. The molecule has 1 heterocycles. The minimum absolute atomic E-state index is 0.132. The highest BCUT2D eigenvalue weighted by atomic mass is 19.3. The second kappa shape index (κ2) is 5.02. The summed E-state index contributed by atoms with van der Waals surface area (Å²) in [5.74, 6) is 2.25. The van der Waals surface area contributed by atoms with Crippen LogP contribution < -0.4 is 4.90 Å². The summed E-state index contributed by atoms with van der Waals surface area (Å²) in [4.78, 5) is 10.5. The van der Waals surface area contributed by atoms with Gasteiger partial charge in [-0.3, -0.25) is 0 Å². The lowest BCUT2D eigenvalue weighted by Crippen LogP contribution is -2.30. The van der Waals surface area contributed by atoms with E-state index in [2.05, 4.69) is 9.97 Å². The average molecular weight is 267 g/mol. The lowest BCUT2D eigenvalue weighted by Gasteiger charge is -2.30. The molecule has 0 atom stereocenters. The first kappa shape index (κ1) is 12.8. The van der Waals surface area contributed by atoms with Gasteiger partial charge in [-0.1, -0.05) is 6.42 Å². The van der Waals surface area contributed by atoms with E-state index in [1.54, 1.807) is 0 Å². The van der Waals surface area contributed by atoms with Gasteiger partial charge in [-0.25, -0.2) is 18.7 Å². The number of hydrogen-bond acceptors (Lipinski definition) is 3. The number of rotatable bonds is 5. The van der Waals surface area contributed by atoms with E-state index in [0.29, 0.717) is 23.5 Å². The Kier molecular flexibility index (Phi) is 3.37. The highest BCUT2D eigenvalue weighted by molar-refractivity contribution is 5.40. The summed E-state index contributed by atoms with van der Waals surface area (Å²) in [7, 11) is 1.94. The van der Waals surface area contributed by atoms with E-state index >= 15 is 0 Å². The highest BCUT2D eigenvalue weighted by Gasteiger charge is 2.29. The van der Waals surface area contributed by atoms with E-state index < -0.39 is 6.43 Å². The molecule has 0 spiro atoms. The van der Waals surface area contributed by atoms with Crippen LogP contribution in [-0.4, -0.2) is 23.6 Å². The van der Waals surface area contributed by atoms with E-state index in [1.165, 1.54) is 25.3 Å². The molecular weight excluding hydrogens is 248 g/mol. The summed E-state index contributed by atoms with van der Waals surface area (Å²) in [5.41, 5.74) is -0.132. The molecule has 3 rings (SSSR count). The fourth-order valence-electron chi connectivity index (χ4n) is 2.46. The highest BCUT2D eigenvalue weighted by Crippen LogP contribution is 2.39. The average Bonchev–Trinajstić information content (AvgIpc) is 3.17. The first-order valence-electron chi connectivity index (χ1n) is 7.01. The molecule has 19 heavy (non-hydrogen) atoms. The SMILES string of the molecule is CN(CC1CCC1)c1cc(C(F)F)nc(C2CC2)n1. The molecule has 2 saturated carbocycles. The summed E-state index contributed by atoms with van der Waals surface area (Å²) >= 11 is 0. The Morgan fingerprint density at radius 1 is 1.26 bits per heavy atom. The quantitative estimate of drug-likeness (QED) is 0.817. The summed E-state index contributed by atoms with van der Waals surface area (Å²) in [6, 6.07) is 1.44. The van der Waals surface area contributed by atoms with E-state index in [1.807, 2.05) is 11.9 Å². The van der Waals surface area contributed by atoms with Crippen molar-refractivity contribution >= 4 is 5.82 Å². The van der Waals surface area contributed by atoms with Gasteiger partial charge in [0.15, 0.2) is 0 Å². The zero-order valence-corrected chi connectivity index (χ0v) is 11.1. The Labute approximate surface area is 112 Å². The molecule has 0 amide bonds. The Morgan fingerprint density at radius 2 is 2.00 bits per heavy atom. The van der Waals surface area contributed by atoms with Crippen molar-refractivity contribution in [3.05, 3.63) is 17.6 Å². The summed E-state index contributed by atoms with van der Waals surface area (Å²) in [6.45, 7) is 0.907. The molecule has 1 aromatic rings. The molecule has 2 aliphatic carbocycles. The van der Waals surface area contributed by atoms with Gasteiger partial charge >= 0.3 is 0 Å². The van der Waals surface area contributed by atoms with Crippen LogP contribution in [0.5, 0.6) is 0 Å². The van der Waals surface area contributed by atoms with Gasteiger partial charge in [-0.2, -0.15) is 0 Å². The molecule has 0 unspecified atom stereocenters. The Morgan fingerprint density at radius 3 is 2.53 bits per heavy atom. The molecule has 2 aliphatic rings. The molecule has 3 nitrogen and oxygen atoms in total. The van der Waals surface area contributed by atoms with Crippen LogP contribution in [0.2, 0.25) is 0 Å². The monoisotopic (exact) mass is 267 g/mol. The van der Waals surface area contributed by atoms with Gasteiger partial charge < -0.3 is 4.90 Å². The summed E-state index contributed by atoms with van der Waals surface area (Å²) in [5, 5.41) is 0. The third-order valence-electron chi connectivity index (χ3n) is 4.06. The van der Waals surface area contributed by atoms with Gasteiger partial charge in [0, 0.05) is 25.6 Å². The van der Waals surface area contributed by atoms with Gasteiger partial charge in [-0.05, 0) is 31.6 Å². The predicted molar refractivity (Wildman–Crippen MR) is 69.6 cm³/mol. The van der Waals surface area contributed by atoms with Crippen molar-refractivity contribution in [1.82, 2.24) is 9.97 Å². The smallest absolute Gasteiger partial charge is 0.280 e. The number of alkyl halides is 2. The molecule has 0 saturated heterocycles. The molecule has 2 fully saturated rings. The molecule has 0 N–H and O–H groups in total. The molecule has 104 valence electrons. The van der Waals surface area contributed by atoms with E-state index in [4.69, 9.17) is 0 Å². The van der Waals surface area contributed by atoms with Crippen LogP contribution in [0.4, 0.5) is 14.6 Å². The van der Waals surface area contributed by atoms with Crippen molar-refractivity contribution in [2.24, 2.45) is 5.92 Å². The van der Waals surface area contributed by atoms with Crippen LogP contribution in [0, 0.1) is 5.92 Å². The second-order valence-electron chi connectivity index (χ2n) is 5.76. The van der Waals surface area contributed by atoms with Crippen molar-refractivity contribution in [2.45, 2.75) is 44.4 Å². The first-order chi connectivity index (χ1) is 9.13. The fourth-order valence-corrected chi connectivity index (χ4v) is 2.46. The van der Waals surface area contributed by atoms with Gasteiger partial charge in [0.05, 0.1) is 0 Å². The first-order valence-corrected chi connectivity index (χ1v) is 7.01. The fraction of sp³-hybridized carbons (Fsp3) is 0.714. The minimum atomic E-state index is -2.52. The molecule has 0 aliphatic heterocycles. The van der Waals surface area contributed by atoms with Crippen LogP contribution in [0.25, 0.3) is 0 Å². The van der Waals surface area contributed by atoms with E-state index in [-0.39, 0.29) is 5.69 Å². The molecular formula is C14H19F2N3. The zero-order chi connectivity index (χ0) is 13.4. The van der Waals surface area contributed by atoms with Gasteiger partial charge in [0.1, 0.15) is 17.3 Å². The van der Waals surface area contributed by atoms with Gasteiger partial charge in [-0.15, -0.1) is 0 Å². The van der Waals surface area contributed by atoms with E-state index in [9.17, 15) is 8.78 Å². The van der Waals surface area contributed by atoms with Crippen molar-refractivity contribution in [2.75, 3.05) is 18.5 Å². The lowest BCUT2D eigenvalue weighted by molar-refractivity contribution is 0.145. The number of anilines is 1. The summed E-state index contributed by atoms with van der Waals surface area (Å²) < 4.78 is 25.8. The van der Waals surface area contributed by atoms with Crippen LogP contribution in [0.1, 0.15) is 56.0 Å². The molecule has 0 radical (unpaired) electrons. The van der Waals surface area contributed by atoms with Crippen molar-refractivity contribution < 1.29 is 8.78 Å².